The molecule has 6 fully saturated rings. The molecular weight excluding hydrogens is 1070 g/mol. The van der Waals surface area contributed by atoms with Gasteiger partial charge in [0.05, 0.1) is 5.02 Å². The monoisotopic (exact) mass is 1130 g/mol. The Bertz CT molecular complexity index is 3430. The van der Waals surface area contributed by atoms with Gasteiger partial charge in [0, 0.05) is 129 Å². The lowest BCUT2D eigenvalue weighted by Gasteiger charge is -2.45. The molecule has 21 heteroatoms. The largest absolute Gasteiger partial charge is 0.368 e. The summed E-state index contributed by atoms with van der Waals surface area (Å²) in [5.74, 6) is -1.40. The van der Waals surface area contributed by atoms with E-state index >= 15 is 0 Å². The molecule has 0 radical (unpaired) electrons. The van der Waals surface area contributed by atoms with Crippen LogP contribution in [0, 0.1) is 10.8 Å². The number of carbonyl (C=O) groups is 4. The second-order valence-electron chi connectivity index (χ2n) is 23.5. The van der Waals surface area contributed by atoms with E-state index in [2.05, 4.69) is 69.1 Å². The van der Waals surface area contributed by atoms with Gasteiger partial charge >= 0.3 is 0 Å². The van der Waals surface area contributed by atoms with Crippen molar-refractivity contribution in [1.29, 1.82) is 0 Å². The van der Waals surface area contributed by atoms with Crippen molar-refractivity contribution >= 4 is 86.2 Å². The van der Waals surface area contributed by atoms with Crippen LogP contribution in [0.15, 0.2) is 94.8 Å². The number of piperazine rings is 2. The zero-order valence-electron chi connectivity index (χ0n) is 45.0. The smallest absolute Gasteiger partial charge is 0.265 e. The van der Waals surface area contributed by atoms with Gasteiger partial charge in [0.2, 0.25) is 11.8 Å². The molecule has 6 aliphatic rings. The van der Waals surface area contributed by atoms with E-state index in [0.29, 0.717) is 63.2 Å². The summed E-state index contributed by atoms with van der Waals surface area (Å²) in [4.78, 5) is 93.7. The first-order valence-corrected chi connectivity index (χ1v) is 28.1. The number of anilines is 1. The molecule has 4 amide bonds. The number of hydrogen-bond acceptors (Lipinski definition) is 12. The van der Waals surface area contributed by atoms with Crippen LogP contribution in [-0.4, -0.2) is 129 Å². The minimum atomic E-state index is -0.589. The number of nitrogens with zero attached hydrogens (tertiary/aromatic N) is 7. The zero-order chi connectivity index (χ0) is 55.9. The molecule has 18 nitrogen and oxygen atoms in total. The molecule has 2 spiro atoms. The lowest BCUT2D eigenvalue weighted by Crippen LogP contribution is -2.56. The number of nitrogens with one attached hydrogen (secondary N) is 5. The molecule has 2 aliphatic carbocycles. The average molecular weight is 1130 g/mol. The molecule has 0 unspecified atom stereocenters. The Morgan fingerprint density at radius 2 is 1.05 bits per heavy atom. The highest BCUT2D eigenvalue weighted by atomic mass is 35.5. The molecule has 12 rings (SSSR count). The van der Waals surface area contributed by atoms with Crippen molar-refractivity contribution in [2.45, 2.75) is 90.6 Å². The van der Waals surface area contributed by atoms with E-state index in [4.69, 9.17) is 34.8 Å². The molecular formula is C58H67Cl3N12O6. The molecule has 79 heavy (non-hydrogen) atoms. The summed E-state index contributed by atoms with van der Waals surface area (Å²) >= 11 is 18.2. The van der Waals surface area contributed by atoms with Gasteiger partial charge in [0.1, 0.15) is 35.5 Å². The zero-order valence-corrected chi connectivity index (χ0v) is 47.3. The third-order valence-electron chi connectivity index (χ3n) is 15.6. The fourth-order valence-electron chi connectivity index (χ4n) is 10.9. The fourth-order valence-corrected chi connectivity index (χ4v) is 11.3. The highest BCUT2D eigenvalue weighted by molar-refractivity contribution is 6.35. The van der Waals surface area contributed by atoms with E-state index in [-0.39, 0.29) is 71.1 Å². The number of halogens is 3. The Kier molecular flexibility index (Phi) is 16.0. The van der Waals surface area contributed by atoms with Crippen LogP contribution in [0.5, 0.6) is 0 Å². The third kappa shape index (κ3) is 13.0. The molecule has 0 atom stereocenters. The predicted molar refractivity (Wildman–Crippen MR) is 308 cm³/mol. The van der Waals surface area contributed by atoms with E-state index in [0.717, 1.165) is 55.8 Å². The summed E-state index contributed by atoms with van der Waals surface area (Å²) < 4.78 is 2.60. The Balaban J connectivity index is 0.000000158. The maximum absolute atomic E-state index is 13.7. The lowest BCUT2D eigenvalue weighted by atomic mass is 9.84. The van der Waals surface area contributed by atoms with Crippen LogP contribution in [-0.2, 0) is 35.8 Å². The van der Waals surface area contributed by atoms with Gasteiger partial charge in [0.25, 0.3) is 22.9 Å². The van der Waals surface area contributed by atoms with Gasteiger partial charge in [-0.1, -0.05) is 86.8 Å². The summed E-state index contributed by atoms with van der Waals surface area (Å²) in [5.41, 5.74) is 2.94. The molecule has 2 saturated carbocycles. The SMILES string of the molecule is C1CNC2(CC2)CN1.CC1(C)CN(C(=O)Cn2c(=O)c(C(=O)NCc3ccc(Cl)cc3)cc3c(Cl)ccnc32)C1.CC1(C)CN(C(=O)Cn2c(=O)c(C(=O)NCc3ccc(Cl)cc3)cc3c(N4CCNC5(CC5)C4)ccnc32)C1. The molecule has 8 heterocycles. The Labute approximate surface area is 473 Å². The fraction of sp³-hybridized carbons (Fsp3) is 0.448. The van der Waals surface area contributed by atoms with Crippen molar-refractivity contribution in [3.63, 3.8) is 0 Å². The average Bonchev–Trinajstić information content (AvgIpc) is 4.45. The molecule has 6 aromatic rings. The number of rotatable bonds is 11. The van der Waals surface area contributed by atoms with Crippen LogP contribution in [0.2, 0.25) is 15.1 Å². The van der Waals surface area contributed by atoms with Crippen LogP contribution in [0.25, 0.3) is 22.1 Å². The number of hydrogen-bond donors (Lipinski definition) is 5. The summed E-state index contributed by atoms with van der Waals surface area (Å²) in [6.45, 7) is 17.0. The van der Waals surface area contributed by atoms with Crippen molar-refractivity contribution in [2.24, 2.45) is 10.8 Å². The summed E-state index contributed by atoms with van der Waals surface area (Å²) in [7, 11) is 0. The molecule has 416 valence electrons. The summed E-state index contributed by atoms with van der Waals surface area (Å²) in [5, 5.41) is 18.8. The topological polar surface area (TPSA) is 208 Å². The first kappa shape index (κ1) is 55.9. The number of fused-ring (bicyclic) bond motifs is 2. The van der Waals surface area contributed by atoms with Gasteiger partial charge in [0.15, 0.2) is 0 Å². The Morgan fingerprint density at radius 1 is 0.582 bits per heavy atom. The Hall–Kier alpha value is -6.41. The minimum absolute atomic E-state index is 0.00118. The molecule has 4 saturated heterocycles. The van der Waals surface area contributed by atoms with Crippen molar-refractivity contribution in [3.05, 3.63) is 143 Å². The number of carbonyl (C=O) groups excluding carboxylic acids is 4. The van der Waals surface area contributed by atoms with E-state index in [1.165, 1.54) is 47.3 Å². The van der Waals surface area contributed by atoms with Gasteiger partial charge in [-0.15, -0.1) is 0 Å². The maximum Gasteiger partial charge on any atom is 0.265 e. The van der Waals surface area contributed by atoms with Crippen LogP contribution in [0.3, 0.4) is 0 Å². The van der Waals surface area contributed by atoms with Gasteiger partial charge < -0.3 is 41.3 Å². The van der Waals surface area contributed by atoms with E-state index < -0.39 is 22.9 Å². The first-order valence-electron chi connectivity index (χ1n) is 27.0. The van der Waals surface area contributed by atoms with Gasteiger partial charge in [-0.25, -0.2) is 9.97 Å². The van der Waals surface area contributed by atoms with Crippen molar-refractivity contribution in [2.75, 3.05) is 70.3 Å². The lowest BCUT2D eigenvalue weighted by molar-refractivity contribution is -0.142. The van der Waals surface area contributed by atoms with Crippen molar-refractivity contribution in [1.82, 2.24) is 55.5 Å². The normalized spacial score (nSPS) is 18.8. The molecule has 4 aromatic heterocycles. The Morgan fingerprint density at radius 3 is 1.51 bits per heavy atom. The number of aromatic nitrogens is 4. The van der Waals surface area contributed by atoms with Crippen molar-refractivity contribution in [3.8, 4) is 0 Å². The molecule has 5 N–H and O–H groups in total. The van der Waals surface area contributed by atoms with Crippen LogP contribution < -0.4 is 42.6 Å². The number of pyridine rings is 4. The second kappa shape index (κ2) is 22.6. The van der Waals surface area contributed by atoms with E-state index in [1.54, 1.807) is 64.5 Å². The van der Waals surface area contributed by atoms with E-state index in [1.807, 2.05) is 18.2 Å². The first-order chi connectivity index (χ1) is 37.7. The van der Waals surface area contributed by atoms with Crippen molar-refractivity contribution < 1.29 is 19.2 Å². The summed E-state index contributed by atoms with van der Waals surface area (Å²) in [6, 6.07) is 20.8. The second-order valence-corrected chi connectivity index (χ2v) is 24.7. The molecule has 0 bridgehead atoms. The molecule has 2 aromatic carbocycles. The number of benzene rings is 2. The number of amides is 4. The molecule has 4 aliphatic heterocycles. The highest BCUT2D eigenvalue weighted by Gasteiger charge is 2.46. The standard InChI is InChI=1S/C29H33ClN6O3.C23H22Cl2N4O3.C6H12N2/c1-28(2)16-35(17-28)24(37)15-36-25-21(23(7-10-31-25)34-12-11-33-29(18-34)8-9-29)13-22(27(36)39)26(38)32-14-19-3-5-20(30)6-4-19;1-23(2)12-28(13-23)19(30)11-29-20-16(18(25)7-8-26-20)9-17(22(29)32)21(31)27-10-14-3-5-15(24)6-4-14;1-2-6(1)5-7-3-4-8-6/h3-7,10,13,33H,8-9,11-12,14-18H2,1-2H3,(H,32,38);3-9H,10-13H2,1-2H3,(H,27,31);7-8H,1-5H2. The summed E-state index contributed by atoms with van der Waals surface area (Å²) in [6.07, 6.45) is 8.21. The predicted octanol–water partition coefficient (Wildman–Crippen LogP) is 6.00. The third-order valence-corrected chi connectivity index (χ3v) is 16.4. The van der Waals surface area contributed by atoms with Crippen LogP contribution >= 0.6 is 34.8 Å². The van der Waals surface area contributed by atoms with Gasteiger partial charge in [-0.05, 0) is 96.2 Å². The van der Waals surface area contributed by atoms with Crippen LogP contribution in [0.4, 0.5) is 5.69 Å². The van der Waals surface area contributed by atoms with E-state index in [9.17, 15) is 28.8 Å². The van der Waals surface area contributed by atoms with Gasteiger partial charge in [-0.2, -0.15) is 0 Å². The highest BCUT2D eigenvalue weighted by Crippen LogP contribution is 2.40. The van der Waals surface area contributed by atoms with Gasteiger partial charge in [-0.3, -0.25) is 37.9 Å². The number of likely N-dealkylation sites (tertiary alicyclic amines) is 2. The maximum atomic E-state index is 13.7. The minimum Gasteiger partial charge on any atom is -0.368 e. The van der Waals surface area contributed by atoms with Crippen LogP contribution in [0.1, 0.15) is 85.2 Å². The quantitative estimate of drug-likeness (QED) is 0.101.